The molecule has 0 N–H and O–H groups in total. The summed E-state index contributed by atoms with van der Waals surface area (Å²) in [6.45, 7) is 0. The summed E-state index contributed by atoms with van der Waals surface area (Å²) in [4.78, 5) is 20.9. The number of nitrogens with zero attached hydrogens (tertiary/aromatic N) is 6. The second-order valence-electron chi connectivity index (χ2n) is 19.7. The zero-order valence-electron chi connectivity index (χ0n) is 41.3. The number of hydrogen-bond acceptors (Lipinski definition) is 6. The Bertz CT molecular complexity index is 4940. The number of pyridine rings is 1. The van der Waals surface area contributed by atoms with Crippen molar-refractivity contribution in [3.8, 4) is 56.5 Å². The fourth-order valence-electron chi connectivity index (χ4n) is 11.9. The minimum Gasteiger partial charge on any atom is -0.309 e. The Kier molecular flexibility index (Phi) is 9.95. The molecule has 0 aliphatic rings. The van der Waals surface area contributed by atoms with Crippen LogP contribution in [0.25, 0.3) is 140 Å². The number of thiophene rings is 2. The quantitative estimate of drug-likeness (QED) is 0.152. The standard InChI is InChI=1S/C69H42N6S2/c1-5-17-42(18-6-1)68-71-62(72-69(73-68)43-19-7-2-8-20-43)40-46-37-47(44-29-31-52-60(38-44)76-58-35-33-56-63(65(52)58)50-25-13-15-27-54(50)74(56)48-21-9-3-10-22-48)41-70-67(46)45-30-32-53-61(39-45)77-59-36-34-57-64(66(53)59)51-26-14-16-28-55(51)75(57)49-23-11-4-12-24-49/h1-39,41H,40H2. The predicted molar refractivity (Wildman–Crippen MR) is 323 cm³/mol. The van der Waals surface area contributed by atoms with Gasteiger partial charge in [0, 0.05) is 108 Å². The van der Waals surface area contributed by atoms with Crippen molar-refractivity contribution >= 4 is 107 Å². The molecule has 6 nitrogen and oxygen atoms in total. The van der Waals surface area contributed by atoms with Crippen molar-refractivity contribution in [1.82, 2.24) is 29.1 Å². The van der Waals surface area contributed by atoms with Crippen LogP contribution in [0, 0.1) is 0 Å². The number of rotatable bonds is 8. The van der Waals surface area contributed by atoms with E-state index in [1.165, 1.54) is 84.0 Å². The van der Waals surface area contributed by atoms with Gasteiger partial charge in [0.05, 0.1) is 27.8 Å². The van der Waals surface area contributed by atoms with Crippen molar-refractivity contribution in [3.63, 3.8) is 0 Å². The molecule has 0 radical (unpaired) electrons. The molecule has 16 rings (SSSR count). The lowest BCUT2D eigenvalue weighted by molar-refractivity contribution is 0.930. The summed E-state index contributed by atoms with van der Waals surface area (Å²) < 4.78 is 9.78. The SMILES string of the molecule is c1ccc(-c2nc(Cc3cc(-c4ccc5c(c4)sc4ccc6c(c7ccccc7n6-c6ccccc6)c45)cnc3-c3ccc4c(c3)sc3ccc5c(c6ccccc6n5-c5ccccc5)c34)nc(-c3ccccc3)n2)cc1. The molecular formula is C69H42N6S2. The Morgan fingerprint density at radius 1 is 0.325 bits per heavy atom. The lowest BCUT2D eigenvalue weighted by atomic mass is 9.97. The zero-order valence-corrected chi connectivity index (χ0v) is 42.9. The minimum absolute atomic E-state index is 0.441. The Morgan fingerprint density at radius 3 is 1.32 bits per heavy atom. The number of aromatic nitrogens is 6. The molecule has 0 fully saturated rings. The molecular weight excluding hydrogens is 977 g/mol. The average molecular weight is 1020 g/mol. The molecule has 0 saturated carbocycles. The van der Waals surface area contributed by atoms with Crippen LogP contribution < -0.4 is 0 Å². The number of fused-ring (bicyclic) bond motifs is 14. The van der Waals surface area contributed by atoms with Gasteiger partial charge in [-0.2, -0.15) is 0 Å². The molecule has 0 amide bonds. The van der Waals surface area contributed by atoms with Gasteiger partial charge in [0.2, 0.25) is 0 Å². The number of hydrogen-bond donors (Lipinski definition) is 0. The Hall–Kier alpha value is -9.60. The molecule has 360 valence electrons. The first-order valence-corrected chi connectivity index (χ1v) is 27.5. The van der Waals surface area contributed by atoms with E-state index in [2.05, 4.69) is 209 Å². The summed E-state index contributed by atoms with van der Waals surface area (Å²) in [5.74, 6) is 1.96. The van der Waals surface area contributed by atoms with Crippen molar-refractivity contribution in [3.05, 3.63) is 254 Å². The monoisotopic (exact) mass is 1020 g/mol. The van der Waals surface area contributed by atoms with Gasteiger partial charge in [-0.25, -0.2) is 15.0 Å². The van der Waals surface area contributed by atoms with Crippen LogP contribution in [0.2, 0.25) is 0 Å². The third-order valence-electron chi connectivity index (χ3n) is 15.2. The fourth-order valence-corrected chi connectivity index (χ4v) is 14.2. The van der Waals surface area contributed by atoms with Crippen LogP contribution in [-0.2, 0) is 6.42 Å². The molecule has 77 heavy (non-hydrogen) atoms. The minimum atomic E-state index is 0.441. The van der Waals surface area contributed by atoms with Crippen LogP contribution in [0.1, 0.15) is 11.4 Å². The number of benzene rings is 10. The highest BCUT2D eigenvalue weighted by atomic mass is 32.1. The zero-order chi connectivity index (χ0) is 50.6. The van der Waals surface area contributed by atoms with Crippen LogP contribution in [-0.4, -0.2) is 29.1 Å². The molecule has 0 bridgehead atoms. The molecule has 8 heteroatoms. The van der Waals surface area contributed by atoms with Gasteiger partial charge in [-0.05, 0) is 90.0 Å². The Morgan fingerprint density at radius 2 is 0.792 bits per heavy atom. The first-order valence-electron chi connectivity index (χ1n) is 25.9. The first-order chi connectivity index (χ1) is 38.2. The summed E-state index contributed by atoms with van der Waals surface area (Å²) in [6, 6.07) is 84.7. The highest BCUT2D eigenvalue weighted by molar-refractivity contribution is 7.26. The summed E-state index contributed by atoms with van der Waals surface area (Å²) in [5.41, 5.74) is 14.1. The molecule has 6 heterocycles. The lowest BCUT2D eigenvalue weighted by Gasteiger charge is -2.13. The summed E-state index contributed by atoms with van der Waals surface area (Å²) in [5, 5.41) is 10.2. The maximum Gasteiger partial charge on any atom is 0.163 e. The highest BCUT2D eigenvalue weighted by Gasteiger charge is 2.22. The second-order valence-corrected chi connectivity index (χ2v) is 21.9. The first kappa shape index (κ1) is 43.8. The van der Waals surface area contributed by atoms with E-state index in [0.717, 1.165) is 50.4 Å². The van der Waals surface area contributed by atoms with Crippen LogP contribution >= 0.6 is 22.7 Å². The lowest BCUT2D eigenvalue weighted by Crippen LogP contribution is -2.05. The average Bonchev–Trinajstić information content (AvgIpc) is 4.35. The maximum atomic E-state index is 5.43. The molecule has 0 atom stereocenters. The van der Waals surface area contributed by atoms with Crippen molar-refractivity contribution < 1.29 is 0 Å². The van der Waals surface area contributed by atoms with E-state index in [4.69, 9.17) is 19.9 Å². The van der Waals surface area contributed by atoms with Gasteiger partial charge in [0.15, 0.2) is 11.6 Å². The molecule has 10 aromatic carbocycles. The summed E-state index contributed by atoms with van der Waals surface area (Å²) in [7, 11) is 0. The van der Waals surface area contributed by atoms with Crippen LogP contribution in [0.3, 0.4) is 0 Å². The molecule has 0 spiro atoms. The van der Waals surface area contributed by atoms with Gasteiger partial charge in [-0.15, -0.1) is 22.7 Å². The second kappa shape index (κ2) is 17.5. The van der Waals surface area contributed by atoms with Crippen molar-refractivity contribution in [1.29, 1.82) is 0 Å². The third kappa shape index (κ3) is 7.07. The van der Waals surface area contributed by atoms with E-state index in [1.54, 1.807) is 0 Å². The van der Waals surface area contributed by atoms with Crippen molar-refractivity contribution in [2.45, 2.75) is 6.42 Å². The van der Waals surface area contributed by atoms with Crippen LogP contribution in [0.4, 0.5) is 0 Å². The third-order valence-corrected chi connectivity index (χ3v) is 17.5. The molecule has 16 aromatic rings. The molecule has 0 saturated heterocycles. The summed E-state index contributed by atoms with van der Waals surface area (Å²) in [6.07, 6.45) is 2.49. The van der Waals surface area contributed by atoms with Gasteiger partial charge >= 0.3 is 0 Å². The molecule has 0 unspecified atom stereocenters. The molecule has 0 aliphatic heterocycles. The van der Waals surface area contributed by atoms with Crippen LogP contribution in [0.5, 0.6) is 0 Å². The van der Waals surface area contributed by atoms with E-state index in [-0.39, 0.29) is 0 Å². The van der Waals surface area contributed by atoms with Crippen molar-refractivity contribution in [2.75, 3.05) is 0 Å². The Labute approximate surface area is 450 Å². The van der Waals surface area contributed by atoms with Gasteiger partial charge in [0.25, 0.3) is 0 Å². The predicted octanol–water partition coefficient (Wildman–Crippen LogP) is 18.5. The van der Waals surface area contributed by atoms with E-state index < -0.39 is 0 Å². The van der Waals surface area contributed by atoms with Crippen molar-refractivity contribution in [2.24, 2.45) is 0 Å². The van der Waals surface area contributed by atoms with Gasteiger partial charge in [-0.1, -0.05) is 158 Å². The molecule has 6 aromatic heterocycles. The highest BCUT2D eigenvalue weighted by Crippen LogP contribution is 2.47. The van der Waals surface area contributed by atoms with Gasteiger partial charge in [0.1, 0.15) is 5.82 Å². The van der Waals surface area contributed by atoms with E-state index >= 15 is 0 Å². The van der Waals surface area contributed by atoms with Gasteiger partial charge < -0.3 is 9.13 Å². The van der Waals surface area contributed by atoms with E-state index in [9.17, 15) is 0 Å². The topological polar surface area (TPSA) is 61.4 Å². The fraction of sp³-hybridized carbons (Fsp3) is 0.0145. The van der Waals surface area contributed by atoms with E-state index in [1.807, 2.05) is 65.3 Å². The summed E-state index contributed by atoms with van der Waals surface area (Å²) >= 11 is 3.69. The van der Waals surface area contributed by atoms with Crippen LogP contribution in [0.15, 0.2) is 243 Å². The normalized spacial score (nSPS) is 11.9. The maximum absolute atomic E-state index is 5.43. The van der Waals surface area contributed by atoms with E-state index in [0.29, 0.717) is 23.9 Å². The van der Waals surface area contributed by atoms with Gasteiger partial charge in [-0.3, -0.25) is 4.98 Å². The molecule has 0 aliphatic carbocycles. The number of para-hydroxylation sites is 4. The smallest absolute Gasteiger partial charge is 0.163 e. The largest absolute Gasteiger partial charge is 0.309 e. The Balaban J connectivity index is 0.868.